The zero-order valence-corrected chi connectivity index (χ0v) is 13.2. The Balaban J connectivity index is 2.23. The van der Waals surface area contributed by atoms with E-state index in [-0.39, 0.29) is 17.1 Å². The van der Waals surface area contributed by atoms with Crippen molar-refractivity contribution in [3.8, 4) is 0 Å². The number of nitro groups is 3. The highest BCUT2D eigenvalue weighted by Gasteiger charge is 2.21. The lowest BCUT2D eigenvalue weighted by Gasteiger charge is -2.02. The van der Waals surface area contributed by atoms with Crippen molar-refractivity contribution in [3.05, 3.63) is 83.9 Å². The fourth-order valence-electron chi connectivity index (χ4n) is 1.87. The summed E-state index contributed by atoms with van der Waals surface area (Å²) in [5.74, 6) is -1.52. The highest BCUT2D eigenvalue weighted by atomic mass is 16.7. The van der Waals surface area contributed by atoms with Gasteiger partial charge in [-0.05, 0) is 12.1 Å². The summed E-state index contributed by atoms with van der Waals surface area (Å²) in [7, 11) is 0. The zero-order chi connectivity index (χ0) is 20.1. The number of carbonyl (C=O) groups excluding carboxylic acids is 1. The summed E-state index contributed by atoms with van der Waals surface area (Å²) in [5, 5.41) is 35.5. The molecule has 0 aliphatic carbocycles. The van der Waals surface area contributed by atoms with Gasteiger partial charge in [-0.2, -0.15) is 0 Å². The molecule has 2 rings (SSSR count). The Morgan fingerprint density at radius 2 is 1.30 bits per heavy atom. The van der Waals surface area contributed by atoms with Crippen molar-refractivity contribution in [2.75, 3.05) is 0 Å². The molecule has 0 saturated carbocycles. The maximum Gasteiger partial charge on any atom is 0.366 e. The van der Waals surface area contributed by atoms with Gasteiger partial charge in [0.05, 0.1) is 26.4 Å². The summed E-state index contributed by atoms with van der Waals surface area (Å²) in [6, 6.07) is 7.10. The number of carbonyl (C=O) groups is 1. The van der Waals surface area contributed by atoms with Gasteiger partial charge >= 0.3 is 5.97 Å². The highest BCUT2D eigenvalue weighted by Crippen LogP contribution is 2.23. The van der Waals surface area contributed by atoms with Crippen molar-refractivity contribution >= 4 is 28.9 Å². The number of hydrogen-bond donors (Lipinski definition) is 1. The van der Waals surface area contributed by atoms with Crippen molar-refractivity contribution in [3.63, 3.8) is 0 Å². The predicted octanol–water partition coefficient (Wildman–Crippen LogP) is 1.89. The van der Waals surface area contributed by atoms with Crippen LogP contribution in [-0.2, 0) is 4.84 Å². The molecule has 0 saturated heterocycles. The van der Waals surface area contributed by atoms with Crippen molar-refractivity contribution in [1.82, 2.24) is 0 Å². The van der Waals surface area contributed by atoms with Gasteiger partial charge in [0, 0.05) is 29.8 Å². The van der Waals surface area contributed by atoms with E-state index in [4.69, 9.17) is 5.73 Å². The molecule has 138 valence electrons. The lowest BCUT2D eigenvalue weighted by Crippen LogP contribution is -2.15. The first-order chi connectivity index (χ1) is 12.7. The van der Waals surface area contributed by atoms with Crippen LogP contribution in [0.4, 0.5) is 17.1 Å². The molecule has 0 fully saturated rings. The minimum atomic E-state index is -1.22. The Hall–Kier alpha value is -4.42. The Morgan fingerprint density at radius 3 is 1.74 bits per heavy atom. The standard InChI is InChI=1S/C14H9N5O8/c15-13(8-1-3-10(4-2-8)17(21)22)16-27-14(20)9-5-11(18(23)24)7-12(6-9)19(25)26/h1-7H,(H2,15,16). The van der Waals surface area contributed by atoms with Crippen LogP contribution in [0.15, 0.2) is 47.6 Å². The molecule has 13 heteroatoms. The fraction of sp³-hybridized carbons (Fsp3) is 0. The third-order valence-corrected chi connectivity index (χ3v) is 3.16. The molecule has 0 radical (unpaired) electrons. The maximum absolute atomic E-state index is 12.0. The average Bonchev–Trinajstić information content (AvgIpc) is 2.65. The molecule has 2 aromatic carbocycles. The quantitative estimate of drug-likeness (QED) is 0.258. The Bertz CT molecular complexity index is 938. The number of amidine groups is 1. The van der Waals surface area contributed by atoms with Crippen molar-refractivity contribution in [2.45, 2.75) is 0 Å². The van der Waals surface area contributed by atoms with Gasteiger partial charge in [-0.1, -0.05) is 5.16 Å². The summed E-state index contributed by atoms with van der Waals surface area (Å²) in [6.07, 6.45) is 0. The van der Waals surface area contributed by atoms with Crippen LogP contribution in [0.2, 0.25) is 0 Å². The van der Waals surface area contributed by atoms with Crippen LogP contribution in [0.25, 0.3) is 0 Å². The molecule has 0 bridgehead atoms. The zero-order valence-electron chi connectivity index (χ0n) is 13.2. The molecule has 0 atom stereocenters. The minimum Gasteiger partial charge on any atom is -0.380 e. The van der Waals surface area contributed by atoms with Crippen molar-refractivity contribution < 1.29 is 24.4 Å². The number of non-ortho nitro benzene ring substituents is 3. The Labute approximate surface area is 149 Å². The van der Waals surface area contributed by atoms with Gasteiger partial charge in [0.15, 0.2) is 5.84 Å². The topological polar surface area (TPSA) is 194 Å². The fourth-order valence-corrected chi connectivity index (χ4v) is 1.87. The number of rotatable bonds is 6. The summed E-state index contributed by atoms with van der Waals surface area (Å²) < 4.78 is 0. The monoisotopic (exact) mass is 375 g/mol. The van der Waals surface area contributed by atoms with Gasteiger partial charge in [-0.3, -0.25) is 30.3 Å². The van der Waals surface area contributed by atoms with Gasteiger partial charge in [-0.15, -0.1) is 0 Å². The second-order valence-corrected chi connectivity index (χ2v) is 4.91. The predicted molar refractivity (Wildman–Crippen MR) is 89.0 cm³/mol. The SMILES string of the molecule is N/C(=N\OC(=O)c1cc([N+](=O)[O-])cc([N+](=O)[O-])c1)c1ccc([N+](=O)[O-])cc1. The van der Waals surface area contributed by atoms with Crippen LogP contribution in [0.3, 0.4) is 0 Å². The molecular formula is C14H9N5O8. The van der Waals surface area contributed by atoms with E-state index in [1.54, 1.807) is 0 Å². The lowest BCUT2D eigenvalue weighted by molar-refractivity contribution is -0.394. The normalized spacial score (nSPS) is 10.9. The first-order valence-corrected chi connectivity index (χ1v) is 6.92. The second kappa shape index (κ2) is 7.64. The first kappa shape index (κ1) is 18.9. The highest BCUT2D eigenvalue weighted by molar-refractivity contribution is 5.98. The van der Waals surface area contributed by atoms with Crippen LogP contribution in [-0.4, -0.2) is 26.6 Å². The lowest BCUT2D eigenvalue weighted by atomic mass is 10.2. The molecule has 0 heterocycles. The number of nitrogens with two attached hydrogens (primary N) is 1. The number of nitrogens with zero attached hydrogens (tertiary/aromatic N) is 4. The summed E-state index contributed by atoms with van der Waals surface area (Å²) in [5.41, 5.74) is 3.78. The molecule has 2 aromatic rings. The molecule has 0 spiro atoms. The van der Waals surface area contributed by atoms with Gasteiger partial charge < -0.3 is 10.6 Å². The number of benzene rings is 2. The second-order valence-electron chi connectivity index (χ2n) is 4.91. The Morgan fingerprint density at radius 1 is 0.815 bits per heavy atom. The van der Waals surface area contributed by atoms with Crippen molar-refractivity contribution in [1.29, 1.82) is 0 Å². The molecular weight excluding hydrogens is 366 g/mol. The average molecular weight is 375 g/mol. The van der Waals surface area contributed by atoms with Crippen LogP contribution >= 0.6 is 0 Å². The van der Waals surface area contributed by atoms with Crippen LogP contribution in [0.1, 0.15) is 15.9 Å². The van der Waals surface area contributed by atoms with E-state index in [0.29, 0.717) is 6.07 Å². The van der Waals surface area contributed by atoms with Gasteiger partial charge in [0.1, 0.15) is 0 Å². The molecule has 0 aliphatic heterocycles. The Kier molecular flexibility index (Phi) is 5.35. The summed E-state index contributed by atoms with van der Waals surface area (Å²) >= 11 is 0. The van der Waals surface area contributed by atoms with Crippen LogP contribution in [0, 0.1) is 30.3 Å². The maximum atomic E-state index is 12.0. The van der Waals surface area contributed by atoms with E-state index in [0.717, 1.165) is 24.3 Å². The van der Waals surface area contributed by atoms with E-state index in [1.807, 2.05) is 0 Å². The molecule has 2 N–H and O–H groups in total. The van der Waals surface area contributed by atoms with E-state index in [1.165, 1.54) is 12.1 Å². The third-order valence-electron chi connectivity index (χ3n) is 3.16. The van der Waals surface area contributed by atoms with E-state index >= 15 is 0 Å². The molecule has 0 aromatic heterocycles. The molecule has 27 heavy (non-hydrogen) atoms. The summed E-state index contributed by atoms with van der Waals surface area (Å²) in [6.45, 7) is 0. The third kappa shape index (κ3) is 4.56. The van der Waals surface area contributed by atoms with Crippen LogP contribution in [0.5, 0.6) is 0 Å². The first-order valence-electron chi connectivity index (χ1n) is 6.92. The van der Waals surface area contributed by atoms with E-state index in [9.17, 15) is 35.1 Å². The number of nitro benzene ring substituents is 3. The minimum absolute atomic E-state index is 0.188. The van der Waals surface area contributed by atoms with Gasteiger partial charge in [0.25, 0.3) is 17.1 Å². The van der Waals surface area contributed by atoms with Crippen molar-refractivity contribution in [2.24, 2.45) is 10.9 Å². The number of oxime groups is 1. The summed E-state index contributed by atoms with van der Waals surface area (Å²) in [4.78, 5) is 46.3. The van der Waals surface area contributed by atoms with Gasteiger partial charge in [-0.25, -0.2) is 4.79 Å². The van der Waals surface area contributed by atoms with Crippen LogP contribution < -0.4 is 5.73 Å². The smallest absolute Gasteiger partial charge is 0.366 e. The number of hydrogen-bond acceptors (Lipinski definition) is 9. The molecule has 0 amide bonds. The molecule has 13 nitrogen and oxygen atoms in total. The molecule has 0 unspecified atom stereocenters. The van der Waals surface area contributed by atoms with Gasteiger partial charge in [0.2, 0.25) is 0 Å². The van der Waals surface area contributed by atoms with E-state index < -0.39 is 37.7 Å². The van der Waals surface area contributed by atoms with E-state index in [2.05, 4.69) is 9.99 Å². The largest absolute Gasteiger partial charge is 0.380 e. The molecule has 0 aliphatic rings.